The molecule has 1 fully saturated rings. The van der Waals surface area contributed by atoms with E-state index in [0.717, 1.165) is 23.2 Å². The normalized spacial score (nSPS) is 17.5. The number of phenolic OH excluding ortho intramolecular Hbond substituents is 1. The van der Waals surface area contributed by atoms with Gasteiger partial charge in [-0.1, -0.05) is 42.8 Å². The maximum absolute atomic E-state index is 13.2. The summed E-state index contributed by atoms with van der Waals surface area (Å²) >= 11 is 7.35. The molecule has 0 aromatic heterocycles. The Bertz CT molecular complexity index is 938. The van der Waals surface area contributed by atoms with E-state index in [1.165, 1.54) is 17.8 Å². The summed E-state index contributed by atoms with van der Waals surface area (Å²) in [7, 11) is 0. The number of benzene rings is 2. The molecule has 0 aliphatic carbocycles. The van der Waals surface area contributed by atoms with Gasteiger partial charge in [0, 0.05) is 6.04 Å². The Morgan fingerprint density at radius 2 is 2.00 bits per heavy atom. The molecule has 0 radical (unpaired) electrons. The number of amides is 1. The number of halogens is 1. The van der Waals surface area contributed by atoms with Gasteiger partial charge in [0.05, 0.1) is 15.6 Å². The highest BCUT2D eigenvalue weighted by atomic mass is 35.5. The predicted octanol–water partition coefficient (Wildman–Crippen LogP) is 5.49. The summed E-state index contributed by atoms with van der Waals surface area (Å²) in [6, 6.07) is 12.8. The molecule has 140 valence electrons. The molecule has 1 aliphatic heterocycles. The zero-order valence-corrected chi connectivity index (χ0v) is 17.0. The number of carbonyl (C=O) groups is 1. The number of rotatable bonds is 4. The first-order chi connectivity index (χ1) is 12.9. The summed E-state index contributed by atoms with van der Waals surface area (Å²) in [6.07, 6.45) is 2.61. The highest BCUT2D eigenvalue weighted by molar-refractivity contribution is 8.19. The Morgan fingerprint density at radius 3 is 2.67 bits per heavy atom. The van der Waals surface area contributed by atoms with Crippen LogP contribution in [0.25, 0.3) is 6.08 Å². The van der Waals surface area contributed by atoms with Crippen LogP contribution in [0.15, 0.2) is 52.4 Å². The molecule has 0 atom stereocenters. The summed E-state index contributed by atoms with van der Waals surface area (Å²) in [5.41, 5.74) is 2.71. The van der Waals surface area contributed by atoms with Crippen LogP contribution in [0.4, 0.5) is 5.69 Å². The second kappa shape index (κ2) is 8.19. The Balaban J connectivity index is 2.06. The van der Waals surface area contributed by atoms with Crippen molar-refractivity contribution in [3.63, 3.8) is 0 Å². The molecule has 6 heteroatoms. The van der Waals surface area contributed by atoms with Crippen molar-refractivity contribution in [1.82, 2.24) is 0 Å². The Hall–Kier alpha value is -2.24. The number of anilines is 1. The molecular weight excluding hydrogens is 380 g/mol. The Labute approximate surface area is 168 Å². The fraction of sp³-hybridized carbons (Fsp3) is 0.238. The quantitative estimate of drug-likeness (QED) is 0.690. The maximum atomic E-state index is 13.2. The van der Waals surface area contributed by atoms with Crippen LogP contribution in [0.2, 0.25) is 5.02 Å². The second-order valence-corrected chi connectivity index (χ2v) is 7.87. The molecule has 2 aromatic rings. The van der Waals surface area contributed by atoms with Gasteiger partial charge in [0.25, 0.3) is 5.91 Å². The lowest BCUT2D eigenvalue weighted by Crippen LogP contribution is -2.30. The average Bonchev–Trinajstić information content (AvgIpc) is 2.92. The molecular formula is C21H21ClN2O2S. The van der Waals surface area contributed by atoms with Crippen molar-refractivity contribution in [3.05, 3.63) is 63.5 Å². The van der Waals surface area contributed by atoms with Gasteiger partial charge < -0.3 is 5.11 Å². The minimum absolute atomic E-state index is 0.0183. The van der Waals surface area contributed by atoms with Crippen LogP contribution in [-0.4, -0.2) is 22.2 Å². The summed E-state index contributed by atoms with van der Waals surface area (Å²) < 4.78 is 0. The van der Waals surface area contributed by atoms with Crippen molar-refractivity contribution in [3.8, 4) is 5.75 Å². The maximum Gasteiger partial charge on any atom is 0.271 e. The van der Waals surface area contributed by atoms with Crippen LogP contribution in [0.1, 0.15) is 31.9 Å². The van der Waals surface area contributed by atoms with Crippen LogP contribution in [0.3, 0.4) is 0 Å². The van der Waals surface area contributed by atoms with Crippen LogP contribution in [0, 0.1) is 0 Å². The fourth-order valence-corrected chi connectivity index (χ4v) is 4.08. The average molecular weight is 401 g/mol. The van der Waals surface area contributed by atoms with Crippen LogP contribution >= 0.6 is 23.4 Å². The molecule has 0 bridgehead atoms. The van der Waals surface area contributed by atoms with Crippen LogP contribution in [0.5, 0.6) is 5.75 Å². The van der Waals surface area contributed by atoms with Crippen molar-refractivity contribution in [1.29, 1.82) is 0 Å². The summed E-state index contributed by atoms with van der Waals surface area (Å²) in [5, 5.41) is 10.5. The van der Waals surface area contributed by atoms with Gasteiger partial charge in [0.15, 0.2) is 5.17 Å². The smallest absolute Gasteiger partial charge is 0.271 e. The van der Waals surface area contributed by atoms with Crippen molar-refractivity contribution in [2.75, 3.05) is 4.90 Å². The number of carbonyl (C=O) groups excluding carboxylic acids is 1. The number of amidine groups is 1. The lowest BCUT2D eigenvalue weighted by molar-refractivity contribution is -0.113. The van der Waals surface area contributed by atoms with Gasteiger partial charge in [-0.05, 0) is 67.4 Å². The van der Waals surface area contributed by atoms with Gasteiger partial charge >= 0.3 is 0 Å². The first-order valence-electron chi connectivity index (χ1n) is 8.79. The van der Waals surface area contributed by atoms with E-state index in [4.69, 9.17) is 11.6 Å². The SMILES string of the molecule is CCc1ccccc1N1C(=O)/C(=C/c2ccc(O)c(Cl)c2)SC1=NC(C)C. The fourth-order valence-electron chi connectivity index (χ4n) is 2.79. The third kappa shape index (κ3) is 4.20. The van der Waals surface area contributed by atoms with Crippen LogP contribution < -0.4 is 4.90 Å². The first-order valence-corrected chi connectivity index (χ1v) is 9.98. The number of hydrogen-bond donors (Lipinski definition) is 1. The molecule has 2 aromatic carbocycles. The van der Waals surface area contributed by atoms with Crippen molar-refractivity contribution < 1.29 is 9.90 Å². The number of thioether (sulfide) groups is 1. The monoisotopic (exact) mass is 400 g/mol. The number of hydrogen-bond acceptors (Lipinski definition) is 4. The van der Waals surface area contributed by atoms with Gasteiger partial charge in [0.2, 0.25) is 0 Å². The van der Waals surface area contributed by atoms with Gasteiger partial charge in [0.1, 0.15) is 5.75 Å². The second-order valence-electron chi connectivity index (χ2n) is 6.45. The topological polar surface area (TPSA) is 52.9 Å². The van der Waals surface area contributed by atoms with Gasteiger partial charge in [-0.2, -0.15) is 0 Å². The third-order valence-electron chi connectivity index (χ3n) is 4.06. The number of phenols is 1. The standard InChI is InChI=1S/C21H21ClN2O2S/c1-4-15-7-5-6-8-17(15)24-20(26)19(27-21(24)23-13(2)3)12-14-9-10-18(25)16(22)11-14/h5-13,25H,4H2,1-3H3/b19-12-,23-21?. The molecule has 3 rings (SSSR count). The van der Waals surface area contributed by atoms with Gasteiger partial charge in [-0.3, -0.25) is 14.7 Å². The minimum Gasteiger partial charge on any atom is -0.506 e. The van der Waals surface area contributed by atoms with Gasteiger partial charge in [-0.15, -0.1) is 0 Å². The summed E-state index contributed by atoms with van der Waals surface area (Å²) in [4.78, 5) is 20.1. The largest absolute Gasteiger partial charge is 0.506 e. The third-order valence-corrected chi connectivity index (χ3v) is 5.34. The molecule has 27 heavy (non-hydrogen) atoms. The van der Waals surface area contributed by atoms with E-state index < -0.39 is 0 Å². The van der Waals surface area contributed by atoms with E-state index in [1.54, 1.807) is 23.1 Å². The van der Waals surface area contributed by atoms with E-state index in [2.05, 4.69) is 11.9 Å². The van der Waals surface area contributed by atoms with E-state index in [0.29, 0.717) is 10.1 Å². The Morgan fingerprint density at radius 1 is 1.26 bits per heavy atom. The molecule has 0 saturated carbocycles. The zero-order chi connectivity index (χ0) is 19.6. The van der Waals surface area contributed by atoms with E-state index in [1.807, 2.05) is 38.1 Å². The summed E-state index contributed by atoms with van der Waals surface area (Å²) in [5.74, 6) is -0.0886. The number of aryl methyl sites for hydroxylation is 1. The zero-order valence-electron chi connectivity index (χ0n) is 15.4. The minimum atomic E-state index is -0.107. The van der Waals surface area contributed by atoms with Crippen molar-refractivity contribution >= 4 is 46.2 Å². The van der Waals surface area contributed by atoms with Crippen molar-refractivity contribution in [2.24, 2.45) is 4.99 Å². The molecule has 1 amide bonds. The lowest BCUT2D eigenvalue weighted by Gasteiger charge is -2.19. The molecule has 0 unspecified atom stereocenters. The summed E-state index contributed by atoms with van der Waals surface area (Å²) in [6.45, 7) is 6.05. The highest BCUT2D eigenvalue weighted by Gasteiger charge is 2.35. The van der Waals surface area contributed by atoms with Crippen molar-refractivity contribution in [2.45, 2.75) is 33.2 Å². The van der Waals surface area contributed by atoms with Gasteiger partial charge in [-0.25, -0.2) is 0 Å². The lowest BCUT2D eigenvalue weighted by atomic mass is 10.1. The first kappa shape index (κ1) is 19.5. The molecule has 0 spiro atoms. The number of para-hydroxylation sites is 1. The van der Waals surface area contributed by atoms with E-state index in [9.17, 15) is 9.90 Å². The predicted molar refractivity (Wildman–Crippen MR) is 115 cm³/mol. The van der Waals surface area contributed by atoms with Crippen LogP contribution in [-0.2, 0) is 11.2 Å². The number of aliphatic imine (C=N–C) groups is 1. The molecule has 4 nitrogen and oxygen atoms in total. The number of aromatic hydroxyl groups is 1. The van der Waals surface area contributed by atoms with E-state index >= 15 is 0 Å². The molecule has 1 heterocycles. The molecule has 1 aliphatic rings. The molecule has 1 saturated heterocycles. The Kier molecular flexibility index (Phi) is 5.92. The molecule has 1 N–H and O–H groups in total. The number of nitrogens with zero attached hydrogens (tertiary/aromatic N) is 2. The van der Waals surface area contributed by atoms with E-state index in [-0.39, 0.29) is 22.7 Å². The highest BCUT2D eigenvalue weighted by Crippen LogP contribution is 2.38.